The number of rotatable bonds is 4. The number of hydrogen-bond donors (Lipinski definition) is 1. The van der Waals surface area contributed by atoms with Crippen LogP contribution in [0.2, 0.25) is 5.02 Å². The van der Waals surface area contributed by atoms with E-state index in [0.717, 1.165) is 11.4 Å². The minimum absolute atomic E-state index is 0.0956. The van der Waals surface area contributed by atoms with Crippen molar-refractivity contribution in [2.24, 2.45) is 0 Å². The molecule has 0 aliphatic carbocycles. The summed E-state index contributed by atoms with van der Waals surface area (Å²) < 4.78 is 26.5. The molecular weight excluding hydrogens is 390 g/mol. The lowest BCUT2D eigenvalue weighted by Crippen LogP contribution is -2.49. The van der Waals surface area contributed by atoms with E-state index in [-0.39, 0.29) is 23.3 Å². The molecule has 1 aliphatic heterocycles. The van der Waals surface area contributed by atoms with Gasteiger partial charge in [0.05, 0.1) is 17.0 Å². The molecule has 1 aliphatic rings. The van der Waals surface area contributed by atoms with E-state index in [1.165, 1.54) is 10.6 Å². The maximum absolute atomic E-state index is 12.7. The third-order valence-electron chi connectivity index (χ3n) is 4.46. The highest BCUT2D eigenvalue weighted by atomic mass is 35.5. The van der Waals surface area contributed by atoms with Crippen molar-refractivity contribution in [2.75, 3.05) is 19.3 Å². The van der Waals surface area contributed by atoms with E-state index >= 15 is 0 Å². The van der Waals surface area contributed by atoms with Gasteiger partial charge in [-0.25, -0.2) is 22.4 Å². The molecule has 146 valence electrons. The highest BCUT2D eigenvalue weighted by Gasteiger charge is 2.28. The van der Waals surface area contributed by atoms with Gasteiger partial charge in [-0.3, -0.25) is 4.79 Å². The summed E-state index contributed by atoms with van der Waals surface area (Å²) in [6.07, 6.45) is 2.56. The number of aryl methyl sites for hydroxylation is 2. The second-order valence-corrected chi connectivity index (χ2v) is 9.16. The minimum atomic E-state index is -3.28. The Bertz CT molecular complexity index is 973. The molecule has 0 spiro atoms. The lowest BCUT2D eigenvalue weighted by molar-refractivity contribution is 0.0916. The third kappa shape index (κ3) is 4.48. The number of amides is 1. The lowest BCUT2D eigenvalue weighted by Gasteiger charge is -2.31. The van der Waals surface area contributed by atoms with Crippen molar-refractivity contribution in [1.29, 1.82) is 0 Å². The van der Waals surface area contributed by atoms with E-state index in [2.05, 4.69) is 15.4 Å². The molecule has 1 amide bonds. The Labute approximate surface area is 163 Å². The second-order valence-electron chi connectivity index (χ2n) is 6.77. The van der Waals surface area contributed by atoms with Crippen LogP contribution in [0, 0.1) is 13.8 Å². The smallest absolute Gasteiger partial charge is 0.271 e. The molecular formula is C17H22ClN5O3S. The van der Waals surface area contributed by atoms with E-state index in [1.54, 1.807) is 16.8 Å². The maximum atomic E-state index is 12.7. The molecule has 8 nitrogen and oxygen atoms in total. The van der Waals surface area contributed by atoms with Gasteiger partial charge in [0.1, 0.15) is 5.69 Å². The van der Waals surface area contributed by atoms with Crippen LogP contribution in [-0.4, -0.2) is 58.8 Å². The van der Waals surface area contributed by atoms with Crippen molar-refractivity contribution in [3.05, 3.63) is 40.3 Å². The molecule has 10 heteroatoms. The number of hydrogen-bond acceptors (Lipinski definition) is 5. The van der Waals surface area contributed by atoms with Crippen LogP contribution in [0.4, 0.5) is 0 Å². The van der Waals surface area contributed by atoms with Crippen LogP contribution in [0.5, 0.6) is 0 Å². The Kier molecular flexibility index (Phi) is 5.55. The first-order chi connectivity index (χ1) is 12.6. The quantitative estimate of drug-likeness (QED) is 0.825. The van der Waals surface area contributed by atoms with Crippen LogP contribution in [0.3, 0.4) is 0 Å². The molecule has 2 aromatic heterocycles. The molecule has 0 saturated carbocycles. The van der Waals surface area contributed by atoms with E-state index in [0.29, 0.717) is 25.2 Å². The second kappa shape index (κ2) is 7.57. The zero-order valence-electron chi connectivity index (χ0n) is 15.4. The lowest BCUT2D eigenvalue weighted by atomic mass is 10.1. The number of aromatic nitrogens is 3. The minimum Gasteiger partial charge on any atom is -0.347 e. The molecule has 1 N–H and O–H groups in total. The van der Waals surface area contributed by atoms with Crippen molar-refractivity contribution in [2.45, 2.75) is 32.7 Å². The van der Waals surface area contributed by atoms with Crippen LogP contribution in [0.25, 0.3) is 5.82 Å². The third-order valence-corrected chi connectivity index (χ3v) is 6.04. The van der Waals surface area contributed by atoms with Crippen molar-refractivity contribution < 1.29 is 13.2 Å². The first-order valence-corrected chi connectivity index (χ1v) is 10.8. The van der Waals surface area contributed by atoms with Gasteiger partial charge in [-0.05, 0) is 44.9 Å². The largest absolute Gasteiger partial charge is 0.347 e. The zero-order chi connectivity index (χ0) is 19.8. The van der Waals surface area contributed by atoms with E-state index in [9.17, 15) is 13.2 Å². The Morgan fingerprint density at radius 2 is 2.07 bits per heavy atom. The van der Waals surface area contributed by atoms with Crippen molar-refractivity contribution >= 4 is 27.5 Å². The summed E-state index contributed by atoms with van der Waals surface area (Å²) in [5.74, 6) is 0.0697. The normalized spacial score (nSPS) is 18.4. The van der Waals surface area contributed by atoms with Gasteiger partial charge in [0, 0.05) is 24.8 Å². The van der Waals surface area contributed by atoms with E-state index < -0.39 is 15.9 Å². The van der Waals surface area contributed by atoms with Crippen LogP contribution in [0.1, 0.15) is 34.7 Å². The average molecular weight is 412 g/mol. The van der Waals surface area contributed by atoms with Gasteiger partial charge in [0.2, 0.25) is 10.0 Å². The standard InChI is InChI=1S/C17H22ClN5O3S/c1-11-9-12(2)23(21-11)15-7-6-14(18)16(20-15)17(24)19-13-5-4-8-22(10-13)27(3,25)26/h6-7,9,13H,4-5,8,10H2,1-3H3,(H,19,24). The monoisotopic (exact) mass is 411 g/mol. The van der Waals surface area contributed by atoms with Crippen molar-refractivity contribution in [3.8, 4) is 5.82 Å². The van der Waals surface area contributed by atoms with E-state index in [1.807, 2.05) is 19.9 Å². The van der Waals surface area contributed by atoms with Gasteiger partial charge in [0.25, 0.3) is 5.91 Å². The van der Waals surface area contributed by atoms with Gasteiger partial charge >= 0.3 is 0 Å². The van der Waals surface area contributed by atoms with Crippen LogP contribution >= 0.6 is 11.6 Å². The molecule has 27 heavy (non-hydrogen) atoms. The Morgan fingerprint density at radius 3 is 2.70 bits per heavy atom. The van der Waals surface area contributed by atoms with Crippen LogP contribution in [-0.2, 0) is 10.0 Å². The summed E-state index contributed by atoms with van der Waals surface area (Å²) in [6, 6.07) is 4.94. The summed E-state index contributed by atoms with van der Waals surface area (Å²) in [4.78, 5) is 17.1. The molecule has 3 heterocycles. The first kappa shape index (κ1) is 19.8. The SMILES string of the molecule is Cc1cc(C)n(-c2ccc(Cl)c(C(=O)NC3CCCN(S(C)(=O)=O)C3)n2)n1. The van der Waals surface area contributed by atoms with Gasteiger partial charge < -0.3 is 5.32 Å². The number of carbonyl (C=O) groups is 1. The number of pyridine rings is 1. The molecule has 1 fully saturated rings. The summed E-state index contributed by atoms with van der Waals surface area (Å²) in [5.41, 5.74) is 1.83. The average Bonchev–Trinajstić information content (AvgIpc) is 2.93. The van der Waals surface area contributed by atoms with Gasteiger partial charge in [0.15, 0.2) is 5.82 Å². The fourth-order valence-corrected chi connectivity index (χ4v) is 4.29. The number of sulfonamides is 1. The van der Waals surface area contributed by atoms with Crippen molar-refractivity contribution in [3.63, 3.8) is 0 Å². The van der Waals surface area contributed by atoms with Crippen LogP contribution < -0.4 is 5.32 Å². The number of carbonyl (C=O) groups excluding carboxylic acids is 1. The van der Waals surface area contributed by atoms with Gasteiger partial charge in [-0.2, -0.15) is 5.10 Å². The summed E-state index contributed by atoms with van der Waals surface area (Å²) in [7, 11) is -3.28. The van der Waals surface area contributed by atoms with Gasteiger partial charge in [-0.15, -0.1) is 0 Å². The highest BCUT2D eigenvalue weighted by molar-refractivity contribution is 7.88. The first-order valence-electron chi connectivity index (χ1n) is 8.61. The molecule has 0 aromatic carbocycles. The molecule has 0 bridgehead atoms. The Hall–Kier alpha value is -1.97. The zero-order valence-corrected chi connectivity index (χ0v) is 17.0. The number of nitrogens with one attached hydrogen (secondary N) is 1. The number of halogens is 1. The fourth-order valence-electron chi connectivity index (χ4n) is 3.19. The summed E-state index contributed by atoms with van der Waals surface area (Å²) in [5, 5.41) is 7.45. The number of nitrogens with zero attached hydrogens (tertiary/aromatic N) is 4. The van der Waals surface area contributed by atoms with Crippen molar-refractivity contribution in [1.82, 2.24) is 24.4 Å². The highest BCUT2D eigenvalue weighted by Crippen LogP contribution is 2.19. The molecule has 0 radical (unpaired) electrons. The summed E-state index contributed by atoms with van der Waals surface area (Å²) in [6.45, 7) is 4.50. The predicted octanol–water partition coefficient (Wildman–Crippen LogP) is 1.69. The maximum Gasteiger partial charge on any atom is 0.271 e. The summed E-state index contributed by atoms with van der Waals surface area (Å²) >= 11 is 6.18. The molecule has 1 saturated heterocycles. The van der Waals surface area contributed by atoms with Gasteiger partial charge in [-0.1, -0.05) is 11.6 Å². The molecule has 1 atom stereocenters. The molecule has 3 rings (SSSR count). The fraction of sp³-hybridized carbons (Fsp3) is 0.471. The van der Waals surface area contributed by atoms with Crippen LogP contribution in [0.15, 0.2) is 18.2 Å². The Balaban J connectivity index is 1.80. The van der Waals surface area contributed by atoms with E-state index in [4.69, 9.17) is 11.6 Å². The molecule has 1 unspecified atom stereocenters. The Morgan fingerprint density at radius 1 is 1.33 bits per heavy atom. The molecule has 2 aromatic rings. The topological polar surface area (TPSA) is 97.2 Å². The number of piperidine rings is 1. The predicted molar refractivity (Wildman–Crippen MR) is 103 cm³/mol.